The Bertz CT molecular complexity index is 131. The maximum Gasteiger partial charge on any atom is 0.332 e. The van der Waals surface area contributed by atoms with E-state index in [9.17, 15) is 4.79 Å². The summed E-state index contributed by atoms with van der Waals surface area (Å²) in [4.78, 5) is 10.2. The molecule has 0 bridgehead atoms. The zero-order valence-corrected chi connectivity index (χ0v) is 6.19. The summed E-state index contributed by atoms with van der Waals surface area (Å²) < 4.78 is 0. The molecule has 1 N–H and O–H groups in total. The first kappa shape index (κ1) is 8.56. The summed E-state index contributed by atoms with van der Waals surface area (Å²) in [5.74, 6) is -0.961. The Hall–Kier alpha value is -0.440. The zero-order chi connectivity index (χ0) is 7.44. The Balaban J connectivity index is 3.88. The molecule has 1 unspecified atom stereocenters. The van der Waals surface area contributed by atoms with Crippen molar-refractivity contribution in [3.05, 3.63) is 12.2 Å². The minimum Gasteiger partial charge on any atom is -0.478 e. The average Bonchev–Trinajstić information content (AvgIpc) is 1.84. The van der Waals surface area contributed by atoms with Crippen LogP contribution in [0.3, 0.4) is 0 Å². The fraction of sp³-hybridized carbons (Fsp3) is 0.500. The van der Waals surface area contributed by atoms with Gasteiger partial charge in [-0.05, 0) is 6.42 Å². The minimum atomic E-state index is -0.961. The van der Waals surface area contributed by atoms with E-state index >= 15 is 0 Å². The Morgan fingerprint density at radius 1 is 1.89 bits per heavy atom. The van der Waals surface area contributed by atoms with E-state index in [4.69, 9.17) is 5.11 Å². The van der Waals surface area contributed by atoms with Gasteiger partial charge in [-0.25, -0.2) is 4.79 Å². The van der Waals surface area contributed by atoms with Gasteiger partial charge in [0.1, 0.15) is 0 Å². The third-order valence-corrected chi connectivity index (χ3v) is 1.74. The Kier molecular flexibility index (Phi) is 3.39. The predicted molar refractivity (Wildman–Crippen MR) is 39.8 cm³/mol. The van der Waals surface area contributed by atoms with Gasteiger partial charge in [0, 0.05) is 10.8 Å². The van der Waals surface area contributed by atoms with Crippen LogP contribution in [0.1, 0.15) is 13.3 Å². The highest BCUT2D eigenvalue weighted by molar-refractivity contribution is 7.81. The van der Waals surface area contributed by atoms with Gasteiger partial charge in [-0.3, -0.25) is 0 Å². The van der Waals surface area contributed by atoms with Gasteiger partial charge in [0.25, 0.3) is 0 Å². The van der Waals surface area contributed by atoms with Gasteiger partial charge in [-0.1, -0.05) is 13.5 Å². The fourth-order valence-electron chi connectivity index (χ4n) is 0.389. The molecule has 0 aromatic carbocycles. The topological polar surface area (TPSA) is 37.3 Å². The molecule has 0 saturated carbocycles. The molecule has 0 fully saturated rings. The Morgan fingerprint density at radius 3 is 2.44 bits per heavy atom. The van der Waals surface area contributed by atoms with Crippen molar-refractivity contribution < 1.29 is 9.90 Å². The van der Waals surface area contributed by atoms with Gasteiger partial charge in [-0.2, -0.15) is 12.6 Å². The normalized spacial score (nSPS) is 12.7. The number of thiol groups is 1. The molecule has 3 heteroatoms. The highest BCUT2D eigenvalue weighted by Gasteiger charge is 2.10. The quantitative estimate of drug-likeness (QED) is 0.465. The molecule has 0 aromatic heterocycles. The van der Waals surface area contributed by atoms with Gasteiger partial charge in [-0.15, -0.1) is 0 Å². The fourth-order valence-corrected chi connectivity index (χ4v) is 0.499. The molecule has 0 aliphatic carbocycles. The third-order valence-electron chi connectivity index (χ3n) is 1.06. The van der Waals surface area contributed by atoms with E-state index < -0.39 is 5.97 Å². The van der Waals surface area contributed by atoms with Crippen LogP contribution in [-0.4, -0.2) is 16.3 Å². The first-order valence-corrected chi connectivity index (χ1v) is 3.21. The maximum absolute atomic E-state index is 10.2. The first-order chi connectivity index (χ1) is 4.09. The van der Waals surface area contributed by atoms with Gasteiger partial charge >= 0.3 is 5.97 Å². The van der Waals surface area contributed by atoms with Crippen molar-refractivity contribution in [2.45, 2.75) is 18.6 Å². The lowest BCUT2D eigenvalue weighted by Gasteiger charge is -2.04. The second kappa shape index (κ2) is 3.56. The van der Waals surface area contributed by atoms with E-state index in [-0.39, 0.29) is 10.8 Å². The van der Waals surface area contributed by atoms with Crippen LogP contribution in [0.4, 0.5) is 0 Å². The number of rotatable bonds is 3. The summed E-state index contributed by atoms with van der Waals surface area (Å²) in [7, 11) is 0. The molecule has 0 aliphatic heterocycles. The second-order valence-corrected chi connectivity index (χ2v) is 2.38. The van der Waals surface area contributed by atoms with Crippen molar-refractivity contribution in [2.75, 3.05) is 0 Å². The number of aliphatic carboxylic acids is 1. The Labute approximate surface area is 60.0 Å². The summed E-state index contributed by atoms with van der Waals surface area (Å²) in [6, 6.07) is 0. The molecule has 0 rings (SSSR count). The zero-order valence-electron chi connectivity index (χ0n) is 5.29. The molecule has 52 valence electrons. The standard InChI is InChI=1S/C6H10O2S/c1-3-5(9)4(2)6(7)8/h5,9H,2-3H2,1H3,(H,7,8). The molecule has 1 atom stereocenters. The number of hydrogen-bond acceptors (Lipinski definition) is 2. The molecule has 0 amide bonds. The third kappa shape index (κ3) is 2.56. The molecule has 0 spiro atoms. The van der Waals surface area contributed by atoms with Gasteiger partial charge in [0.05, 0.1) is 0 Å². The van der Waals surface area contributed by atoms with Crippen molar-refractivity contribution in [3.63, 3.8) is 0 Å². The molecule has 0 aromatic rings. The van der Waals surface area contributed by atoms with E-state index in [0.717, 1.165) is 0 Å². The average molecular weight is 146 g/mol. The number of carboxylic acid groups (broad SMARTS) is 1. The Morgan fingerprint density at radius 2 is 2.33 bits per heavy atom. The summed E-state index contributed by atoms with van der Waals surface area (Å²) >= 11 is 3.98. The van der Waals surface area contributed by atoms with Crippen LogP contribution in [0.5, 0.6) is 0 Å². The molecule has 0 aliphatic rings. The second-order valence-electron chi connectivity index (χ2n) is 1.75. The predicted octanol–water partition coefficient (Wildman–Crippen LogP) is 1.34. The number of carbonyl (C=O) groups is 1. The van der Waals surface area contributed by atoms with Gasteiger partial charge in [0.2, 0.25) is 0 Å². The monoisotopic (exact) mass is 146 g/mol. The van der Waals surface area contributed by atoms with Gasteiger partial charge < -0.3 is 5.11 Å². The van der Waals surface area contributed by atoms with E-state index in [1.165, 1.54) is 0 Å². The van der Waals surface area contributed by atoms with Crippen LogP contribution in [0.25, 0.3) is 0 Å². The molecule has 9 heavy (non-hydrogen) atoms. The van der Waals surface area contributed by atoms with E-state index in [1.54, 1.807) is 0 Å². The lowest BCUT2D eigenvalue weighted by atomic mass is 10.2. The van der Waals surface area contributed by atoms with Gasteiger partial charge in [0.15, 0.2) is 0 Å². The van der Waals surface area contributed by atoms with Crippen molar-refractivity contribution in [1.29, 1.82) is 0 Å². The van der Waals surface area contributed by atoms with Crippen LogP contribution in [0.2, 0.25) is 0 Å². The molecule has 0 saturated heterocycles. The van der Waals surface area contributed by atoms with E-state index in [2.05, 4.69) is 19.2 Å². The summed E-state index contributed by atoms with van der Waals surface area (Å²) in [6.45, 7) is 5.22. The van der Waals surface area contributed by atoms with Crippen molar-refractivity contribution >= 4 is 18.6 Å². The highest BCUT2D eigenvalue weighted by atomic mass is 32.1. The molecular weight excluding hydrogens is 136 g/mol. The molecule has 0 radical (unpaired) electrons. The smallest absolute Gasteiger partial charge is 0.332 e. The lowest BCUT2D eigenvalue weighted by Crippen LogP contribution is -2.09. The van der Waals surface area contributed by atoms with Crippen LogP contribution < -0.4 is 0 Å². The first-order valence-electron chi connectivity index (χ1n) is 2.69. The minimum absolute atomic E-state index is 0.167. The van der Waals surface area contributed by atoms with E-state index in [1.807, 2.05) is 6.92 Å². The SMILES string of the molecule is C=C(C(=O)O)C(S)CC. The van der Waals surface area contributed by atoms with Crippen molar-refractivity contribution in [1.82, 2.24) is 0 Å². The summed E-state index contributed by atoms with van der Waals surface area (Å²) in [5, 5.41) is 8.13. The number of carboxylic acids is 1. The van der Waals surface area contributed by atoms with Crippen LogP contribution in [0.15, 0.2) is 12.2 Å². The highest BCUT2D eigenvalue weighted by Crippen LogP contribution is 2.10. The van der Waals surface area contributed by atoms with Crippen LogP contribution in [-0.2, 0) is 4.79 Å². The molecular formula is C6H10O2S. The largest absolute Gasteiger partial charge is 0.478 e. The molecule has 2 nitrogen and oxygen atoms in total. The summed E-state index contributed by atoms with van der Waals surface area (Å²) in [6.07, 6.45) is 0.703. The van der Waals surface area contributed by atoms with Crippen LogP contribution in [0, 0.1) is 0 Å². The lowest BCUT2D eigenvalue weighted by molar-refractivity contribution is -0.132. The van der Waals surface area contributed by atoms with Crippen LogP contribution >= 0.6 is 12.6 Å². The van der Waals surface area contributed by atoms with Crippen molar-refractivity contribution in [3.8, 4) is 0 Å². The van der Waals surface area contributed by atoms with E-state index in [0.29, 0.717) is 6.42 Å². The molecule has 0 heterocycles. The maximum atomic E-state index is 10.2. The van der Waals surface area contributed by atoms with Crippen molar-refractivity contribution in [2.24, 2.45) is 0 Å². The summed E-state index contributed by atoms with van der Waals surface area (Å²) in [5.41, 5.74) is 0.167. The number of hydrogen-bond donors (Lipinski definition) is 2.